The van der Waals surface area contributed by atoms with E-state index in [9.17, 15) is 0 Å². The van der Waals surface area contributed by atoms with Crippen molar-refractivity contribution in [3.63, 3.8) is 0 Å². The largest absolute Gasteiger partial charge is 0.310 e. The normalized spacial score (nSPS) is 14.3. The van der Waals surface area contributed by atoms with E-state index < -0.39 is 0 Å². The van der Waals surface area contributed by atoms with Crippen molar-refractivity contribution in [2.24, 2.45) is 0 Å². The van der Waals surface area contributed by atoms with Crippen molar-refractivity contribution in [2.45, 2.75) is 19.3 Å². The third-order valence-electron chi connectivity index (χ3n) is 6.30. The molecule has 3 heteroatoms. The molecule has 0 spiro atoms. The standard InChI is InChI=1S/C28H22N2S/c1-28(2)21-9-3-6-12-24(21)30(25-13-7-4-10-22(25)28)20-17-15-19(16-18-20)27-29-23-11-5-8-14-26(23)31-27/h3-18H,1-2H3. The molecule has 0 aliphatic carbocycles. The van der Waals surface area contributed by atoms with E-state index in [1.54, 1.807) is 11.3 Å². The van der Waals surface area contributed by atoms with Gasteiger partial charge >= 0.3 is 0 Å². The van der Waals surface area contributed by atoms with E-state index in [0.717, 1.165) is 16.1 Å². The quantitative estimate of drug-likeness (QED) is 0.288. The minimum atomic E-state index is -0.0371. The zero-order chi connectivity index (χ0) is 21.0. The molecule has 1 aliphatic heterocycles. The summed E-state index contributed by atoms with van der Waals surface area (Å²) in [5.41, 5.74) is 8.55. The van der Waals surface area contributed by atoms with Crippen LogP contribution >= 0.6 is 11.3 Å². The average molecular weight is 419 g/mol. The smallest absolute Gasteiger partial charge is 0.124 e. The third kappa shape index (κ3) is 2.81. The molecule has 0 saturated carbocycles. The van der Waals surface area contributed by atoms with Crippen LogP contribution in [0, 0.1) is 0 Å². The Bertz CT molecular complexity index is 1330. The maximum Gasteiger partial charge on any atom is 0.124 e. The highest BCUT2D eigenvalue weighted by Crippen LogP contribution is 2.51. The number of para-hydroxylation sites is 3. The van der Waals surface area contributed by atoms with Crippen LogP contribution in [0.2, 0.25) is 0 Å². The van der Waals surface area contributed by atoms with Crippen LogP contribution in [0.5, 0.6) is 0 Å². The van der Waals surface area contributed by atoms with Gasteiger partial charge in [0, 0.05) is 16.7 Å². The second-order valence-electron chi connectivity index (χ2n) is 8.53. The summed E-state index contributed by atoms with van der Waals surface area (Å²) in [6.07, 6.45) is 0. The van der Waals surface area contributed by atoms with Crippen LogP contribution in [-0.2, 0) is 5.41 Å². The van der Waals surface area contributed by atoms with Gasteiger partial charge in [-0.15, -0.1) is 11.3 Å². The molecule has 0 atom stereocenters. The fourth-order valence-corrected chi connectivity index (χ4v) is 5.67. The minimum absolute atomic E-state index is 0.0371. The maximum atomic E-state index is 4.82. The summed E-state index contributed by atoms with van der Waals surface area (Å²) in [6, 6.07) is 34.7. The van der Waals surface area contributed by atoms with Gasteiger partial charge in [-0.25, -0.2) is 4.98 Å². The van der Waals surface area contributed by atoms with Crippen molar-refractivity contribution in [3.05, 3.63) is 108 Å². The Hall–Kier alpha value is -3.43. The molecule has 0 bridgehead atoms. The number of nitrogens with zero attached hydrogens (tertiary/aromatic N) is 2. The number of thiazole rings is 1. The summed E-state index contributed by atoms with van der Waals surface area (Å²) in [4.78, 5) is 7.21. The number of fused-ring (bicyclic) bond motifs is 3. The van der Waals surface area contributed by atoms with Crippen molar-refractivity contribution >= 4 is 38.6 Å². The molecule has 0 unspecified atom stereocenters. The van der Waals surface area contributed by atoms with Gasteiger partial charge in [0.1, 0.15) is 5.01 Å². The molecule has 6 rings (SSSR count). The molecular formula is C28H22N2S. The highest BCUT2D eigenvalue weighted by Gasteiger charge is 2.36. The maximum absolute atomic E-state index is 4.82. The van der Waals surface area contributed by atoms with Crippen LogP contribution in [-0.4, -0.2) is 4.98 Å². The van der Waals surface area contributed by atoms with Crippen molar-refractivity contribution in [3.8, 4) is 10.6 Å². The van der Waals surface area contributed by atoms with Gasteiger partial charge in [0.05, 0.1) is 21.6 Å². The number of hydrogen-bond donors (Lipinski definition) is 0. The number of hydrogen-bond acceptors (Lipinski definition) is 3. The van der Waals surface area contributed by atoms with Crippen molar-refractivity contribution < 1.29 is 0 Å². The molecule has 1 aliphatic rings. The second-order valence-corrected chi connectivity index (χ2v) is 9.56. The Morgan fingerprint density at radius 1 is 0.677 bits per heavy atom. The van der Waals surface area contributed by atoms with Crippen molar-refractivity contribution in [1.82, 2.24) is 4.98 Å². The summed E-state index contributed by atoms with van der Waals surface area (Å²) in [5.74, 6) is 0. The first-order valence-corrected chi connectivity index (χ1v) is 11.4. The second kappa shape index (κ2) is 6.79. The molecule has 0 saturated heterocycles. The van der Waals surface area contributed by atoms with Crippen molar-refractivity contribution in [2.75, 3.05) is 4.90 Å². The van der Waals surface area contributed by atoms with Crippen LogP contribution in [0.4, 0.5) is 17.1 Å². The van der Waals surface area contributed by atoms with Crippen LogP contribution < -0.4 is 4.90 Å². The topological polar surface area (TPSA) is 16.1 Å². The zero-order valence-corrected chi connectivity index (χ0v) is 18.4. The number of benzene rings is 4. The number of anilines is 3. The van der Waals surface area contributed by atoms with Gasteiger partial charge < -0.3 is 4.90 Å². The zero-order valence-electron chi connectivity index (χ0n) is 17.5. The first-order valence-electron chi connectivity index (χ1n) is 10.6. The summed E-state index contributed by atoms with van der Waals surface area (Å²) in [6.45, 7) is 4.64. The predicted octanol–water partition coefficient (Wildman–Crippen LogP) is 8.07. The Morgan fingerprint density at radius 3 is 1.90 bits per heavy atom. The van der Waals surface area contributed by atoms with Crippen LogP contribution in [0.1, 0.15) is 25.0 Å². The van der Waals surface area contributed by atoms with Crippen LogP contribution in [0.3, 0.4) is 0 Å². The Morgan fingerprint density at radius 2 is 1.26 bits per heavy atom. The molecule has 2 nitrogen and oxygen atoms in total. The number of rotatable bonds is 2. The predicted molar refractivity (Wildman–Crippen MR) is 132 cm³/mol. The summed E-state index contributed by atoms with van der Waals surface area (Å²) in [7, 11) is 0. The molecule has 0 radical (unpaired) electrons. The lowest BCUT2D eigenvalue weighted by Gasteiger charge is -2.42. The molecule has 4 aromatic carbocycles. The molecule has 31 heavy (non-hydrogen) atoms. The minimum Gasteiger partial charge on any atom is -0.310 e. The lowest BCUT2D eigenvalue weighted by Crippen LogP contribution is -2.30. The fourth-order valence-electron chi connectivity index (χ4n) is 4.70. The summed E-state index contributed by atoms with van der Waals surface area (Å²) in [5, 5.41) is 1.06. The van der Waals surface area contributed by atoms with E-state index in [0.29, 0.717) is 0 Å². The van der Waals surface area contributed by atoms with E-state index >= 15 is 0 Å². The van der Waals surface area contributed by atoms with Gasteiger partial charge in [-0.05, 0) is 59.7 Å². The van der Waals surface area contributed by atoms with Gasteiger partial charge in [-0.3, -0.25) is 0 Å². The lowest BCUT2D eigenvalue weighted by atomic mass is 9.73. The van der Waals surface area contributed by atoms with Gasteiger partial charge in [0.15, 0.2) is 0 Å². The first kappa shape index (κ1) is 18.3. The van der Waals surface area contributed by atoms with Gasteiger partial charge in [0.2, 0.25) is 0 Å². The molecule has 0 amide bonds. The Kier molecular flexibility index (Phi) is 4.02. The molecule has 1 aromatic heterocycles. The molecule has 0 N–H and O–H groups in total. The monoisotopic (exact) mass is 418 g/mol. The third-order valence-corrected chi connectivity index (χ3v) is 7.39. The van der Waals surface area contributed by atoms with Crippen LogP contribution in [0.25, 0.3) is 20.8 Å². The van der Waals surface area contributed by atoms with Gasteiger partial charge in [0.25, 0.3) is 0 Å². The summed E-state index contributed by atoms with van der Waals surface area (Å²) < 4.78 is 1.22. The first-order chi connectivity index (χ1) is 15.1. The van der Waals surface area contributed by atoms with Gasteiger partial charge in [-0.1, -0.05) is 62.4 Å². The lowest BCUT2D eigenvalue weighted by molar-refractivity contribution is 0.632. The van der Waals surface area contributed by atoms with E-state index in [-0.39, 0.29) is 5.41 Å². The van der Waals surface area contributed by atoms with E-state index in [4.69, 9.17) is 4.98 Å². The van der Waals surface area contributed by atoms with Crippen LogP contribution in [0.15, 0.2) is 97.1 Å². The average Bonchev–Trinajstić information content (AvgIpc) is 3.24. The Balaban J connectivity index is 1.47. The van der Waals surface area contributed by atoms with Crippen molar-refractivity contribution in [1.29, 1.82) is 0 Å². The fraction of sp³-hybridized carbons (Fsp3) is 0.107. The highest BCUT2D eigenvalue weighted by molar-refractivity contribution is 7.21. The van der Waals surface area contributed by atoms with E-state index in [1.165, 1.54) is 32.9 Å². The molecule has 0 fully saturated rings. The Labute approximate surface area is 186 Å². The van der Waals surface area contributed by atoms with E-state index in [2.05, 4.69) is 110 Å². The number of aromatic nitrogens is 1. The van der Waals surface area contributed by atoms with Gasteiger partial charge in [-0.2, -0.15) is 0 Å². The molecule has 150 valence electrons. The molecule has 2 heterocycles. The SMILES string of the molecule is CC1(C)c2ccccc2N(c2ccc(-c3nc4ccccc4s3)cc2)c2ccccc21. The van der Waals surface area contributed by atoms with E-state index in [1.807, 2.05) is 6.07 Å². The molecule has 5 aromatic rings. The highest BCUT2D eigenvalue weighted by atomic mass is 32.1. The molecular weight excluding hydrogens is 396 g/mol. The summed E-state index contributed by atoms with van der Waals surface area (Å²) >= 11 is 1.74.